The van der Waals surface area contributed by atoms with Gasteiger partial charge in [-0.1, -0.05) is 6.92 Å². The smallest absolute Gasteiger partial charge is 0.412 e. The van der Waals surface area contributed by atoms with Gasteiger partial charge in [0.05, 0.1) is 5.70 Å². The lowest BCUT2D eigenvalue weighted by molar-refractivity contribution is 0.0546. The van der Waals surface area contributed by atoms with Crippen LogP contribution in [0.3, 0.4) is 0 Å². The molecular formula is C19H34N4O2. The summed E-state index contributed by atoms with van der Waals surface area (Å²) in [5, 5.41) is 2.82. The first-order valence-electron chi connectivity index (χ1n) is 9.18. The van der Waals surface area contributed by atoms with Crippen molar-refractivity contribution in [2.75, 3.05) is 27.2 Å². The second-order valence-corrected chi connectivity index (χ2v) is 8.42. The minimum atomic E-state index is -0.526. The van der Waals surface area contributed by atoms with Crippen LogP contribution in [-0.4, -0.2) is 54.7 Å². The fraction of sp³-hybridized carbons (Fsp3) is 0.737. The lowest BCUT2D eigenvalue weighted by Crippen LogP contribution is -2.43. The van der Waals surface area contributed by atoms with Crippen LogP contribution in [0.15, 0.2) is 23.2 Å². The molecule has 1 heterocycles. The number of nitrogens with one attached hydrogen (secondary N) is 1. The van der Waals surface area contributed by atoms with Crippen LogP contribution >= 0.6 is 0 Å². The van der Waals surface area contributed by atoms with Crippen molar-refractivity contribution in [2.45, 2.75) is 58.6 Å². The highest BCUT2D eigenvalue weighted by Gasteiger charge is 2.28. The number of carbonyl (C=O) groups is 1. The maximum absolute atomic E-state index is 12.1. The number of alkyl carbamates (subject to hydrolysis) is 1. The van der Waals surface area contributed by atoms with Crippen LogP contribution in [0, 0.1) is 5.92 Å². The summed E-state index contributed by atoms with van der Waals surface area (Å²) >= 11 is 0. The number of hydrogen-bond acceptors (Lipinski definition) is 5. The number of nitrogens with zero attached hydrogens (tertiary/aromatic N) is 2. The van der Waals surface area contributed by atoms with E-state index in [-0.39, 0.29) is 0 Å². The normalized spacial score (nSPS) is 22.9. The number of piperidine rings is 1. The molecule has 1 aliphatic carbocycles. The third kappa shape index (κ3) is 5.39. The van der Waals surface area contributed by atoms with Gasteiger partial charge in [-0.25, -0.2) is 4.79 Å². The average Bonchev–Trinajstić information content (AvgIpc) is 2.48. The number of likely N-dealkylation sites (tertiary alicyclic amines) is 1. The summed E-state index contributed by atoms with van der Waals surface area (Å²) < 4.78 is 5.35. The zero-order valence-electron chi connectivity index (χ0n) is 16.6. The Morgan fingerprint density at radius 2 is 1.92 bits per heavy atom. The fourth-order valence-corrected chi connectivity index (χ4v) is 3.50. The average molecular weight is 351 g/mol. The highest BCUT2D eigenvalue weighted by Crippen LogP contribution is 2.30. The Bertz CT molecular complexity index is 552. The molecule has 0 spiro atoms. The van der Waals surface area contributed by atoms with Gasteiger partial charge in [-0.15, -0.1) is 0 Å². The molecule has 1 unspecified atom stereocenters. The molecule has 25 heavy (non-hydrogen) atoms. The summed E-state index contributed by atoms with van der Waals surface area (Å²) in [5.41, 5.74) is 8.30. The summed E-state index contributed by atoms with van der Waals surface area (Å²) in [6, 6.07) is 0.649. The van der Waals surface area contributed by atoms with Crippen molar-refractivity contribution >= 4 is 6.09 Å². The zero-order valence-corrected chi connectivity index (χ0v) is 16.6. The van der Waals surface area contributed by atoms with Crippen molar-refractivity contribution in [1.29, 1.82) is 0 Å². The molecule has 1 amide bonds. The van der Waals surface area contributed by atoms with Crippen molar-refractivity contribution in [3.05, 3.63) is 23.2 Å². The molecule has 142 valence electrons. The van der Waals surface area contributed by atoms with Crippen LogP contribution < -0.4 is 11.1 Å². The Morgan fingerprint density at radius 1 is 1.32 bits per heavy atom. The number of allylic oxidation sites excluding steroid dienone is 3. The monoisotopic (exact) mass is 350 g/mol. The van der Waals surface area contributed by atoms with E-state index < -0.39 is 11.7 Å². The van der Waals surface area contributed by atoms with E-state index in [1.54, 1.807) is 0 Å². The maximum atomic E-state index is 12.1. The van der Waals surface area contributed by atoms with Crippen LogP contribution in [0.5, 0.6) is 0 Å². The standard InChI is InChI=1S/C19H34N4O2/c1-13-11-15(20)16(21-18(24)25-19(2,3)4)12-17(13)23-9-7-14(8-10-23)22(5)6/h12-14H,7-11,20H2,1-6H3,(H,21,24). The van der Waals surface area contributed by atoms with Gasteiger partial charge in [0.15, 0.2) is 0 Å². The number of nitrogens with two attached hydrogens (primary N) is 1. The lowest BCUT2D eigenvalue weighted by atomic mass is 9.92. The molecule has 1 fully saturated rings. The minimum absolute atomic E-state index is 0.361. The van der Waals surface area contributed by atoms with Crippen molar-refractivity contribution < 1.29 is 9.53 Å². The SMILES string of the molecule is CC1CC(N)=C(NC(=O)OC(C)(C)C)C=C1N1CCC(N(C)C)CC1. The van der Waals surface area contributed by atoms with Gasteiger partial charge in [-0.2, -0.15) is 0 Å². The minimum Gasteiger partial charge on any atom is -0.444 e. The quantitative estimate of drug-likeness (QED) is 0.819. The Kier molecular flexibility index (Phi) is 6.03. The molecule has 0 bridgehead atoms. The first-order chi connectivity index (χ1) is 11.6. The fourth-order valence-electron chi connectivity index (χ4n) is 3.50. The van der Waals surface area contributed by atoms with Gasteiger partial charge < -0.3 is 20.3 Å². The summed E-state index contributed by atoms with van der Waals surface area (Å²) in [4.78, 5) is 16.8. The third-order valence-corrected chi connectivity index (χ3v) is 4.86. The molecule has 0 aromatic rings. The lowest BCUT2D eigenvalue weighted by Gasteiger charge is -2.40. The van der Waals surface area contributed by atoms with Crippen LogP contribution in [0.25, 0.3) is 0 Å². The van der Waals surface area contributed by atoms with Crippen LogP contribution in [-0.2, 0) is 4.74 Å². The predicted molar refractivity (Wildman–Crippen MR) is 101 cm³/mol. The van der Waals surface area contributed by atoms with Crippen molar-refractivity contribution in [1.82, 2.24) is 15.1 Å². The Balaban J connectivity index is 2.07. The van der Waals surface area contributed by atoms with E-state index in [1.165, 1.54) is 5.70 Å². The number of rotatable bonds is 3. The molecule has 1 atom stereocenters. The van der Waals surface area contributed by atoms with Gasteiger partial charge in [-0.3, -0.25) is 5.32 Å². The van der Waals surface area contributed by atoms with Crippen molar-refractivity contribution in [3.8, 4) is 0 Å². The van der Waals surface area contributed by atoms with Gasteiger partial charge in [0.25, 0.3) is 0 Å². The van der Waals surface area contributed by atoms with E-state index in [9.17, 15) is 4.79 Å². The van der Waals surface area contributed by atoms with Gasteiger partial charge in [0, 0.05) is 36.4 Å². The predicted octanol–water partition coefficient (Wildman–Crippen LogP) is 2.63. The highest BCUT2D eigenvalue weighted by molar-refractivity contribution is 5.71. The second-order valence-electron chi connectivity index (χ2n) is 8.42. The van der Waals surface area contributed by atoms with Gasteiger partial charge in [0.1, 0.15) is 5.60 Å². The molecule has 0 saturated carbocycles. The molecule has 0 radical (unpaired) electrons. The molecule has 1 aliphatic heterocycles. The molecule has 6 heteroatoms. The van der Waals surface area contributed by atoms with E-state index >= 15 is 0 Å². The molecular weight excluding hydrogens is 316 g/mol. The van der Waals surface area contributed by atoms with E-state index in [1.807, 2.05) is 26.8 Å². The number of carbonyl (C=O) groups excluding carboxylic acids is 1. The molecule has 0 aromatic carbocycles. The van der Waals surface area contributed by atoms with Crippen LogP contribution in [0.1, 0.15) is 47.0 Å². The van der Waals surface area contributed by atoms with E-state index in [0.717, 1.165) is 32.4 Å². The topological polar surface area (TPSA) is 70.8 Å². The summed E-state index contributed by atoms with van der Waals surface area (Å²) in [6.45, 7) is 9.83. The van der Waals surface area contributed by atoms with Gasteiger partial charge >= 0.3 is 6.09 Å². The van der Waals surface area contributed by atoms with Crippen molar-refractivity contribution in [2.24, 2.45) is 11.7 Å². The third-order valence-electron chi connectivity index (χ3n) is 4.86. The summed E-state index contributed by atoms with van der Waals surface area (Å²) in [5.74, 6) is 0.361. The van der Waals surface area contributed by atoms with E-state index in [0.29, 0.717) is 23.4 Å². The maximum Gasteiger partial charge on any atom is 0.412 e. The molecule has 3 N–H and O–H groups in total. The first-order valence-corrected chi connectivity index (χ1v) is 9.18. The number of hydrogen-bond donors (Lipinski definition) is 2. The first kappa shape index (κ1) is 19.6. The molecule has 2 rings (SSSR count). The molecule has 0 aromatic heterocycles. The van der Waals surface area contributed by atoms with Crippen LogP contribution in [0.2, 0.25) is 0 Å². The van der Waals surface area contributed by atoms with Gasteiger partial charge in [-0.05, 0) is 60.2 Å². The molecule has 1 saturated heterocycles. The number of ether oxygens (including phenoxy) is 1. The Hall–Kier alpha value is -1.69. The zero-order chi connectivity index (χ0) is 18.8. The highest BCUT2D eigenvalue weighted by atomic mass is 16.6. The second kappa shape index (κ2) is 7.68. The van der Waals surface area contributed by atoms with E-state index in [2.05, 4.69) is 36.1 Å². The number of amides is 1. The van der Waals surface area contributed by atoms with Crippen LogP contribution in [0.4, 0.5) is 4.79 Å². The van der Waals surface area contributed by atoms with Crippen molar-refractivity contribution in [3.63, 3.8) is 0 Å². The summed E-state index contributed by atoms with van der Waals surface area (Å²) in [7, 11) is 4.30. The van der Waals surface area contributed by atoms with E-state index in [4.69, 9.17) is 10.5 Å². The molecule has 2 aliphatic rings. The Labute approximate surface area is 152 Å². The molecule has 6 nitrogen and oxygen atoms in total. The Morgan fingerprint density at radius 3 is 2.44 bits per heavy atom. The largest absolute Gasteiger partial charge is 0.444 e. The summed E-state index contributed by atoms with van der Waals surface area (Å²) in [6.07, 6.45) is 4.64. The van der Waals surface area contributed by atoms with Gasteiger partial charge in [0.2, 0.25) is 0 Å².